The molecule has 5 nitrogen and oxygen atoms in total. The first kappa shape index (κ1) is 13.6. The maximum Gasteiger partial charge on any atom is 0.165 e. The van der Waals surface area contributed by atoms with Crippen molar-refractivity contribution in [2.75, 3.05) is 6.54 Å². The van der Waals surface area contributed by atoms with Crippen LogP contribution in [0.25, 0.3) is 0 Å². The molecule has 0 fully saturated rings. The predicted molar refractivity (Wildman–Crippen MR) is 75.5 cm³/mol. The zero-order valence-corrected chi connectivity index (χ0v) is 12.8. The summed E-state index contributed by atoms with van der Waals surface area (Å²) in [6.07, 6.45) is 0. The van der Waals surface area contributed by atoms with Gasteiger partial charge in [0, 0.05) is 4.88 Å². The second-order valence-electron chi connectivity index (χ2n) is 4.48. The second kappa shape index (κ2) is 6.40. The molecule has 2 heterocycles. The van der Waals surface area contributed by atoms with E-state index in [-0.39, 0.29) is 0 Å². The van der Waals surface area contributed by atoms with E-state index in [0.717, 1.165) is 22.7 Å². The number of hydrogen-bond donors (Lipinski definition) is 1. The van der Waals surface area contributed by atoms with E-state index in [1.165, 1.54) is 4.88 Å². The maximum atomic E-state index is 4.05. The third-order valence-electron chi connectivity index (χ3n) is 2.38. The van der Waals surface area contributed by atoms with Crippen LogP contribution in [0.5, 0.6) is 0 Å². The maximum absolute atomic E-state index is 4.05. The molecule has 1 N–H and O–H groups in total. The van der Waals surface area contributed by atoms with Crippen LogP contribution >= 0.6 is 27.3 Å². The van der Waals surface area contributed by atoms with Crippen LogP contribution in [-0.2, 0) is 13.1 Å². The Hall–Kier alpha value is -0.790. The number of thiophene rings is 1. The molecule has 0 aromatic carbocycles. The SMILES string of the molecule is CC(C)CNCc1nnnn1Cc1ccc(Br)s1. The average molecular weight is 330 g/mol. The van der Waals surface area contributed by atoms with Gasteiger partial charge in [-0.25, -0.2) is 4.68 Å². The number of rotatable bonds is 6. The van der Waals surface area contributed by atoms with Crippen LogP contribution in [0.3, 0.4) is 0 Å². The van der Waals surface area contributed by atoms with Crippen LogP contribution < -0.4 is 5.32 Å². The van der Waals surface area contributed by atoms with Gasteiger partial charge in [-0.15, -0.1) is 16.4 Å². The topological polar surface area (TPSA) is 55.6 Å². The number of tetrazole rings is 1. The monoisotopic (exact) mass is 329 g/mol. The molecule has 18 heavy (non-hydrogen) atoms. The fraction of sp³-hybridized carbons (Fsp3) is 0.545. The van der Waals surface area contributed by atoms with Crippen molar-refractivity contribution in [3.05, 3.63) is 26.6 Å². The van der Waals surface area contributed by atoms with Gasteiger partial charge >= 0.3 is 0 Å². The Labute approximate surface area is 119 Å². The Morgan fingerprint density at radius 3 is 2.94 bits per heavy atom. The molecule has 2 rings (SSSR count). The standard InChI is InChI=1S/C11H16BrN5S/c1-8(2)5-13-6-11-14-15-16-17(11)7-9-3-4-10(12)18-9/h3-4,8,13H,5-7H2,1-2H3. The highest BCUT2D eigenvalue weighted by Crippen LogP contribution is 2.22. The van der Waals surface area contributed by atoms with Crippen LogP contribution in [0.15, 0.2) is 15.9 Å². The summed E-state index contributed by atoms with van der Waals surface area (Å²) >= 11 is 5.16. The Morgan fingerprint density at radius 2 is 2.28 bits per heavy atom. The Balaban J connectivity index is 1.95. The van der Waals surface area contributed by atoms with E-state index in [4.69, 9.17) is 0 Å². The minimum Gasteiger partial charge on any atom is -0.310 e. The highest BCUT2D eigenvalue weighted by molar-refractivity contribution is 9.11. The van der Waals surface area contributed by atoms with Crippen molar-refractivity contribution in [1.82, 2.24) is 25.5 Å². The van der Waals surface area contributed by atoms with E-state index < -0.39 is 0 Å². The molecule has 2 aromatic heterocycles. The molecule has 0 bridgehead atoms. The van der Waals surface area contributed by atoms with E-state index in [0.29, 0.717) is 12.5 Å². The van der Waals surface area contributed by atoms with Crippen molar-refractivity contribution in [2.24, 2.45) is 5.92 Å². The van der Waals surface area contributed by atoms with E-state index >= 15 is 0 Å². The van der Waals surface area contributed by atoms with Gasteiger partial charge < -0.3 is 5.32 Å². The molecule has 0 spiro atoms. The lowest BCUT2D eigenvalue weighted by atomic mass is 10.2. The summed E-state index contributed by atoms with van der Waals surface area (Å²) in [7, 11) is 0. The summed E-state index contributed by atoms with van der Waals surface area (Å²) in [4.78, 5) is 1.24. The molecule has 0 aliphatic rings. The number of halogens is 1. The molecule has 2 aromatic rings. The lowest BCUT2D eigenvalue weighted by molar-refractivity contribution is 0.524. The predicted octanol–water partition coefficient (Wildman–Crippen LogP) is 2.29. The molecule has 0 saturated carbocycles. The van der Waals surface area contributed by atoms with Crippen molar-refractivity contribution in [3.8, 4) is 0 Å². The third kappa shape index (κ3) is 3.86. The number of aromatic nitrogens is 4. The van der Waals surface area contributed by atoms with Crippen LogP contribution in [-0.4, -0.2) is 26.8 Å². The summed E-state index contributed by atoms with van der Waals surface area (Å²) in [5.74, 6) is 1.50. The zero-order valence-electron chi connectivity index (χ0n) is 10.4. The second-order valence-corrected chi connectivity index (χ2v) is 7.03. The molecule has 7 heteroatoms. The van der Waals surface area contributed by atoms with Gasteiger partial charge in [0.25, 0.3) is 0 Å². The van der Waals surface area contributed by atoms with Crippen molar-refractivity contribution in [1.29, 1.82) is 0 Å². The van der Waals surface area contributed by atoms with E-state index in [1.807, 2.05) is 10.7 Å². The number of nitrogens with zero attached hydrogens (tertiary/aromatic N) is 4. The smallest absolute Gasteiger partial charge is 0.165 e. The van der Waals surface area contributed by atoms with Gasteiger partial charge in [-0.3, -0.25) is 0 Å². The molecule has 0 aliphatic heterocycles. The molecule has 0 unspecified atom stereocenters. The molecular formula is C11H16BrN5S. The molecule has 0 amide bonds. The highest BCUT2D eigenvalue weighted by atomic mass is 79.9. The number of nitrogens with one attached hydrogen (secondary N) is 1. The van der Waals surface area contributed by atoms with E-state index in [9.17, 15) is 0 Å². The summed E-state index contributed by atoms with van der Waals surface area (Å²) in [5.41, 5.74) is 0. The Kier molecular flexibility index (Phi) is 4.85. The van der Waals surface area contributed by atoms with Gasteiger partial charge in [0.1, 0.15) is 0 Å². The van der Waals surface area contributed by atoms with Gasteiger partial charge in [0.05, 0.1) is 16.9 Å². The molecule has 0 aliphatic carbocycles. The minimum atomic E-state index is 0.627. The minimum absolute atomic E-state index is 0.627. The quantitative estimate of drug-likeness (QED) is 0.883. The molecule has 98 valence electrons. The van der Waals surface area contributed by atoms with Crippen LogP contribution in [0.4, 0.5) is 0 Å². The van der Waals surface area contributed by atoms with Crippen molar-refractivity contribution in [2.45, 2.75) is 26.9 Å². The summed E-state index contributed by atoms with van der Waals surface area (Å²) in [6.45, 7) is 6.76. The number of hydrogen-bond acceptors (Lipinski definition) is 5. The van der Waals surface area contributed by atoms with Crippen molar-refractivity contribution >= 4 is 27.3 Å². The lowest BCUT2D eigenvalue weighted by Gasteiger charge is -2.07. The normalized spacial score (nSPS) is 11.3. The van der Waals surface area contributed by atoms with Gasteiger partial charge in [0.15, 0.2) is 5.82 Å². The van der Waals surface area contributed by atoms with Crippen LogP contribution in [0.2, 0.25) is 0 Å². The first-order valence-electron chi connectivity index (χ1n) is 5.85. The van der Waals surface area contributed by atoms with Crippen molar-refractivity contribution in [3.63, 3.8) is 0 Å². The first-order valence-corrected chi connectivity index (χ1v) is 7.46. The molecular weight excluding hydrogens is 314 g/mol. The average Bonchev–Trinajstić information content (AvgIpc) is 2.89. The van der Waals surface area contributed by atoms with Crippen LogP contribution in [0.1, 0.15) is 24.5 Å². The fourth-order valence-electron chi connectivity index (χ4n) is 1.53. The summed E-state index contributed by atoms with van der Waals surface area (Å²) in [6, 6.07) is 4.13. The molecule has 0 atom stereocenters. The highest BCUT2D eigenvalue weighted by Gasteiger charge is 2.07. The summed E-state index contributed by atoms with van der Waals surface area (Å²) < 4.78 is 2.97. The molecule has 0 radical (unpaired) electrons. The first-order chi connectivity index (χ1) is 8.65. The fourth-order valence-corrected chi connectivity index (χ4v) is 3.00. The molecule has 0 saturated heterocycles. The Bertz CT molecular complexity index is 493. The Morgan fingerprint density at radius 1 is 1.44 bits per heavy atom. The van der Waals surface area contributed by atoms with Crippen LogP contribution in [0, 0.1) is 5.92 Å². The zero-order chi connectivity index (χ0) is 13.0. The third-order valence-corrected chi connectivity index (χ3v) is 3.98. The van der Waals surface area contributed by atoms with Gasteiger partial charge in [-0.05, 0) is 51.0 Å². The lowest BCUT2D eigenvalue weighted by Crippen LogP contribution is -2.21. The van der Waals surface area contributed by atoms with Gasteiger partial charge in [0.2, 0.25) is 0 Å². The van der Waals surface area contributed by atoms with Crippen molar-refractivity contribution < 1.29 is 0 Å². The van der Waals surface area contributed by atoms with E-state index in [2.05, 4.69) is 56.7 Å². The van der Waals surface area contributed by atoms with Gasteiger partial charge in [-0.2, -0.15) is 0 Å². The summed E-state index contributed by atoms with van der Waals surface area (Å²) in [5, 5.41) is 15.2. The van der Waals surface area contributed by atoms with Gasteiger partial charge in [-0.1, -0.05) is 13.8 Å². The van der Waals surface area contributed by atoms with E-state index in [1.54, 1.807) is 11.3 Å². The largest absolute Gasteiger partial charge is 0.310 e.